The molecule has 16 nitrogen and oxygen atoms in total. The fourth-order valence-electron chi connectivity index (χ4n) is 5.47. The number of carbonyl (C=O) groups excluding carboxylic acids is 5. The number of hydrogen-bond donors (Lipinski definition) is 9. The molecule has 1 heterocycles. The number of hydrogen-bond acceptors (Lipinski definition) is 9. The lowest BCUT2D eigenvalue weighted by atomic mass is 9.97. The van der Waals surface area contributed by atoms with Crippen molar-refractivity contribution < 1.29 is 33.5 Å². The number of carbonyl (C=O) groups is 5. The maximum Gasteiger partial charge on any atom is 0.326 e. The van der Waals surface area contributed by atoms with Crippen LogP contribution in [0, 0.1) is 17.7 Å². The molecule has 3 aromatic rings. The molecule has 2 aromatic carbocycles. The zero-order chi connectivity index (χ0) is 40.1. The zero-order valence-electron chi connectivity index (χ0n) is 30.8. The lowest BCUT2D eigenvalue weighted by Crippen LogP contribution is -2.60. The van der Waals surface area contributed by atoms with Crippen LogP contribution in [0.3, 0.4) is 0 Å². The Balaban J connectivity index is 1.73. The number of halogens is 1. The summed E-state index contributed by atoms with van der Waals surface area (Å²) >= 11 is 0. The molecular formula is C37H49FN8O8. The van der Waals surface area contributed by atoms with Crippen molar-refractivity contribution in [2.75, 3.05) is 6.54 Å². The minimum absolute atomic E-state index is 0.0891. The number of benzene rings is 2. The average molecular weight is 753 g/mol. The highest BCUT2D eigenvalue weighted by Gasteiger charge is 2.34. The summed E-state index contributed by atoms with van der Waals surface area (Å²) < 4.78 is 14.1. The number of nitrogens with two attached hydrogens (primary N) is 1. The van der Waals surface area contributed by atoms with Gasteiger partial charge in [0.1, 0.15) is 23.8 Å². The summed E-state index contributed by atoms with van der Waals surface area (Å²) in [6, 6.07) is 12.8. The van der Waals surface area contributed by atoms with E-state index in [4.69, 9.17) is 5.73 Å². The average Bonchev–Trinajstić information content (AvgIpc) is 3.13. The highest BCUT2D eigenvalue weighted by atomic mass is 19.1. The Bertz CT molecular complexity index is 1870. The maximum absolute atomic E-state index is 14.1. The van der Waals surface area contributed by atoms with Crippen LogP contribution in [0.15, 0.2) is 70.3 Å². The Morgan fingerprint density at radius 2 is 1.39 bits per heavy atom. The summed E-state index contributed by atoms with van der Waals surface area (Å²) in [6.07, 6.45) is -1.42. The van der Waals surface area contributed by atoms with Crippen LogP contribution in [-0.4, -0.2) is 81.4 Å². The van der Waals surface area contributed by atoms with Gasteiger partial charge in [0, 0.05) is 6.54 Å². The molecule has 5 amide bonds. The molecule has 1 aromatic heterocycles. The zero-order valence-corrected chi connectivity index (χ0v) is 30.8. The second-order valence-corrected chi connectivity index (χ2v) is 13.7. The number of amides is 5. The molecule has 0 bridgehead atoms. The smallest absolute Gasteiger partial charge is 0.326 e. The minimum atomic E-state index is -1.67. The predicted molar refractivity (Wildman–Crippen MR) is 197 cm³/mol. The molecule has 0 aliphatic heterocycles. The molecule has 17 heteroatoms. The Morgan fingerprint density at radius 1 is 0.778 bits per heavy atom. The molecule has 292 valence electrons. The van der Waals surface area contributed by atoms with Crippen molar-refractivity contribution in [1.82, 2.24) is 36.6 Å². The molecule has 0 saturated heterocycles. The summed E-state index contributed by atoms with van der Waals surface area (Å²) in [6.45, 7) is 8.16. The number of H-pyrrole nitrogens is 2. The summed E-state index contributed by atoms with van der Waals surface area (Å²) in [5.74, 6) is -6.35. The molecule has 0 spiro atoms. The fraction of sp³-hybridized carbons (Fsp3) is 0.432. The summed E-state index contributed by atoms with van der Waals surface area (Å²) in [5, 5.41) is 24.2. The van der Waals surface area contributed by atoms with Crippen molar-refractivity contribution in [2.45, 2.75) is 83.8 Å². The van der Waals surface area contributed by atoms with Gasteiger partial charge in [0.05, 0.1) is 12.1 Å². The summed E-state index contributed by atoms with van der Waals surface area (Å²) in [7, 11) is 0. The molecule has 0 radical (unpaired) electrons. The van der Waals surface area contributed by atoms with Crippen molar-refractivity contribution in [3.05, 3.63) is 104 Å². The molecule has 54 heavy (non-hydrogen) atoms. The highest BCUT2D eigenvalue weighted by Crippen LogP contribution is 2.14. The number of aliphatic hydroxyl groups is 1. The van der Waals surface area contributed by atoms with E-state index in [-0.39, 0.29) is 18.8 Å². The molecule has 6 atom stereocenters. The number of aromatic nitrogens is 2. The van der Waals surface area contributed by atoms with Crippen LogP contribution in [0.2, 0.25) is 0 Å². The van der Waals surface area contributed by atoms with Gasteiger partial charge in [-0.25, -0.2) is 4.79 Å². The van der Waals surface area contributed by atoms with E-state index < -0.39 is 101 Å². The van der Waals surface area contributed by atoms with Crippen LogP contribution in [0.25, 0.3) is 0 Å². The van der Waals surface area contributed by atoms with E-state index in [0.29, 0.717) is 0 Å². The van der Waals surface area contributed by atoms with E-state index in [1.165, 1.54) is 0 Å². The first-order valence-electron chi connectivity index (χ1n) is 17.5. The molecular weight excluding hydrogens is 703 g/mol. The van der Waals surface area contributed by atoms with E-state index in [1.54, 1.807) is 56.1 Å². The third-order valence-electron chi connectivity index (χ3n) is 8.45. The van der Waals surface area contributed by atoms with E-state index in [1.807, 2.05) is 49.2 Å². The van der Waals surface area contributed by atoms with Crippen LogP contribution < -0.4 is 43.6 Å². The van der Waals surface area contributed by atoms with Gasteiger partial charge in [-0.05, 0) is 42.7 Å². The lowest BCUT2D eigenvalue weighted by molar-refractivity contribution is -0.135. The van der Waals surface area contributed by atoms with Crippen molar-refractivity contribution in [3.8, 4) is 0 Å². The van der Waals surface area contributed by atoms with Gasteiger partial charge in [-0.3, -0.25) is 33.8 Å². The lowest BCUT2D eigenvalue weighted by Gasteiger charge is -2.30. The van der Waals surface area contributed by atoms with E-state index in [2.05, 4.69) is 26.6 Å². The van der Waals surface area contributed by atoms with Crippen LogP contribution in [0.4, 0.5) is 4.39 Å². The monoisotopic (exact) mass is 752 g/mol. The Labute approximate surface area is 311 Å². The summed E-state index contributed by atoms with van der Waals surface area (Å²) in [4.78, 5) is 92.6. The third-order valence-corrected chi connectivity index (χ3v) is 8.45. The first kappa shape index (κ1) is 42.7. The molecule has 0 aliphatic rings. The Kier molecular flexibility index (Phi) is 15.8. The van der Waals surface area contributed by atoms with Crippen LogP contribution in [0.5, 0.6) is 0 Å². The van der Waals surface area contributed by atoms with Crippen LogP contribution in [-0.2, 0) is 25.6 Å². The first-order valence-corrected chi connectivity index (χ1v) is 17.5. The van der Waals surface area contributed by atoms with Crippen molar-refractivity contribution in [2.24, 2.45) is 17.6 Å². The molecule has 0 saturated carbocycles. The van der Waals surface area contributed by atoms with Gasteiger partial charge in [0.15, 0.2) is 6.10 Å². The molecule has 0 unspecified atom stereocenters. The first-order chi connectivity index (χ1) is 25.5. The van der Waals surface area contributed by atoms with Crippen LogP contribution >= 0.6 is 0 Å². The van der Waals surface area contributed by atoms with E-state index >= 15 is 0 Å². The topological polar surface area (TPSA) is 257 Å². The SMILES string of the molecule is CC(C)C[C@H](NC(=O)[C@@H](NC(=O)[C@@H](N)CNC(=O)c1[nH]c(=O)[nH]c(=O)c1F)C(C)C)C(=O)N[C@@H](Cc1ccccc1)[C@@H](O)C(=O)N[C@@H](C)c1ccccc1. The van der Waals surface area contributed by atoms with Gasteiger partial charge in [0.2, 0.25) is 23.5 Å². The van der Waals surface area contributed by atoms with Gasteiger partial charge in [-0.2, -0.15) is 4.39 Å². The van der Waals surface area contributed by atoms with E-state index in [9.17, 15) is 43.1 Å². The molecule has 3 rings (SSSR count). The summed E-state index contributed by atoms with van der Waals surface area (Å²) in [5.41, 5.74) is 3.99. The number of aromatic amines is 2. The minimum Gasteiger partial charge on any atom is -0.381 e. The third kappa shape index (κ3) is 12.5. The largest absolute Gasteiger partial charge is 0.381 e. The fourth-order valence-corrected chi connectivity index (χ4v) is 5.47. The predicted octanol–water partition coefficient (Wildman–Crippen LogP) is -0.103. The normalized spacial score (nSPS) is 14.6. The van der Waals surface area contributed by atoms with Gasteiger partial charge >= 0.3 is 5.69 Å². The van der Waals surface area contributed by atoms with Gasteiger partial charge in [0.25, 0.3) is 17.4 Å². The number of aliphatic hydroxyl groups excluding tert-OH is 1. The quantitative estimate of drug-likeness (QED) is 0.0840. The van der Waals surface area contributed by atoms with Crippen molar-refractivity contribution in [3.63, 3.8) is 0 Å². The molecule has 0 fully saturated rings. The van der Waals surface area contributed by atoms with Gasteiger partial charge in [-0.1, -0.05) is 88.4 Å². The van der Waals surface area contributed by atoms with Gasteiger partial charge in [-0.15, -0.1) is 0 Å². The van der Waals surface area contributed by atoms with E-state index in [0.717, 1.165) is 11.1 Å². The van der Waals surface area contributed by atoms with Gasteiger partial charge < -0.3 is 42.4 Å². The molecule has 0 aliphatic carbocycles. The maximum atomic E-state index is 14.1. The second-order valence-electron chi connectivity index (χ2n) is 13.7. The number of rotatable bonds is 18. The van der Waals surface area contributed by atoms with Crippen molar-refractivity contribution >= 4 is 29.5 Å². The highest BCUT2D eigenvalue weighted by molar-refractivity contribution is 5.95. The number of nitrogens with one attached hydrogen (secondary N) is 7. The molecule has 10 N–H and O–H groups in total. The standard InChI is InChI=1S/C37H49FN8O8/c1-19(2)16-26(32(49)42-25(17-22-12-8-6-9-13-22)30(47)36(53)41-21(5)23-14-10-7-11-15-23)43-35(52)28(20(3)4)44-31(48)24(39)18-40-34(51)29-27(38)33(50)46-37(54)45-29/h6-15,19-21,24-26,28,30,47H,16-18,39H2,1-5H3,(H,40,51)(H,41,53)(H,42,49)(H,43,52)(H,44,48)(H2,45,46,50,54)/t21-,24-,25-,26-,28-,30+/m0/s1. The van der Waals surface area contributed by atoms with Crippen molar-refractivity contribution in [1.29, 1.82) is 0 Å². The Morgan fingerprint density at radius 3 is 1.98 bits per heavy atom. The van der Waals surface area contributed by atoms with Crippen LogP contribution in [0.1, 0.15) is 68.7 Å². The second kappa shape index (κ2) is 20.0. The Hall–Kier alpha value is -5.68.